The predicted molar refractivity (Wildman–Crippen MR) is 87.0 cm³/mol. The molecule has 2 aliphatic rings. The maximum Gasteiger partial charge on any atom is 0.470 e. The Hall–Kier alpha value is -1.69. The van der Waals surface area contributed by atoms with E-state index >= 15 is 0 Å². The van der Waals surface area contributed by atoms with Gasteiger partial charge in [0, 0.05) is 38.0 Å². The number of carbonyl (C=O) groups is 1. The number of hydrogen-bond acceptors (Lipinski definition) is 6. The SMILES string of the molecule is CS(=O)(=O)N1CCC(C(=O)N2CCC(c3nnc(C(F)(F)F)o3)CC2)CC1. The van der Waals surface area contributed by atoms with E-state index in [1.807, 2.05) is 0 Å². The molecule has 12 heteroatoms. The van der Waals surface area contributed by atoms with Gasteiger partial charge in [0.25, 0.3) is 0 Å². The number of aromatic nitrogens is 2. The first-order valence-corrected chi connectivity index (χ1v) is 10.5. The van der Waals surface area contributed by atoms with E-state index in [1.165, 1.54) is 4.31 Å². The van der Waals surface area contributed by atoms with Crippen LogP contribution < -0.4 is 0 Å². The molecule has 2 saturated heterocycles. The molecule has 0 unspecified atom stereocenters. The van der Waals surface area contributed by atoms with Crippen LogP contribution in [0, 0.1) is 5.92 Å². The van der Waals surface area contributed by atoms with Crippen molar-refractivity contribution in [3.63, 3.8) is 0 Å². The van der Waals surface area contributed by atoms with Crippen molar-refractivity contribution in [2.24, 2.45) is 5.92 Å². The Morgan fingerprint density at radius 3 is 2.15 bits per heavy atom. The summed E-state index contributed by atoms with van der Waals surface area (Å²) < 4.78 is 66.8. The summed E-state index contributed by atoms with van der Waals surface area (Å²) in [7, 11) is -3.24. The van der Waals surface area contributed by atoms with Crippen molar-refractivity contribution in [1.29, 1.82) is 0 Å². The number of hydrogen-bond donors (Lipinski definition) is 0. The van der Waals surface area contributed by atoms with Crippen molar-refractivity contribution in [1.82, 2.24) is 19.4 Å². The molecule has 0 atom stereocenters. The topological polar surface area (TPSA) is 96.6 Å². The summed E-state index contributed by atoms with van der Waals surface area (Å²) in [6, 6.07) is 0. The molecule has 0 aliphatic carbocycles. The third-order valence-electron chi connectivity index (χ3n) is 5.11. The number of likely N-dealkylation sites (tertiary alicyclic amines) is 1. The van der Waals surface area contributed by atoms with E-state index in [9.17, 15) is 26.4 Å². The Morgan fingerprint density at radius 2 is 1.67 bits per heavy atom. The number of alkyl halides is 3. The molecule has 0 saturated carbocycles. The summed E-state index contributed by atoms with van der Waals surface area (Å²) in [6.07, 6.45) is -1.65. The van der Waals surface area contributed by atoms with Crippen LogP contribution in [0.5, 0.6) is 0 Å². The Morgan fingerprint density at radius 1 is 1.07 bits per heavy atom. The molecule has 0 bridgehead atoms. The molecule has 2 fully saturated rings. The maximum atomic E-state index is 12.6. The summed E-state index contributed by atoms with van der Waals surface area (Å²) in [5.41, 5.74) is 0. The van der Waals surface area contributed by atoms with E-state index in [1.54, 1.807) is 4.90 Å². The third-order valence-corrected chi connectivity index (χ3v) is 6.41. The van der Waals surface area contributed by atoms with Gasteiger partial charge in [-0.25, -0.2) is 12.7 Å². The fraction of sp³-hybridized carbons (Fsp3) is 0.800. The zero-order chi connectivity index (χ0) is 19.8. The molecule has 152 valence electrons. The quantitative estimate of drug-likeness (QED) is 0.749. The van der Waals surface area contributed by atoms with E-state index in [-0.39, 0.29) is 23.6 Å². The minimum Gasteiger partial charge on any atom is -0.417 e. The van der Waals surface area contributed by atoms with Crippen molar-refractivity contribution in [3.05, 3.63) is 11.8 Å². The lowest BCUT2D eigenvalue weighted by Gasteiger charge is -2.36. The highest BCUT2D eigenvalue weighted by molar-refractivity contribution is 7.88. The van der Waals surface area contributed by atoms with Gasteiger partial charge in [0.2, 0.25) is 21.8 Å². The zero-order valence-electron chi connectivity index (χ0n) is 14.8. The molecule has 3 rings (SSSR count). The number of rotatable bonds is 3. The van der Waals surface area contributed by atoms with E-state index in [0.29, 0.717) is 51.9 Å². The zero-order valence-corrected chi connectivity index (χ0v) is 15.6. The van der Waals surface area contributed by atoms with Crippen LogP contribution in [0.15, 0.2) is 4.42 Å². The van der Waals surface area contributed by atoms with Crippen molar-refractivity contribution < 1.29 is 30.8 Å². The van der Waals surface area contributed by atoms with E-state index in [4.69, 9.17) is 4.42 Å². The smallest absolute Gasteiger partial charge is 0.417 e. The predicted octanol–water partition coefficient (Wildman–Crippen LogP) is 1.47. The fourth-order valence-corrected chi connectivity index (χ4v) is 4.43. The van der Waals surface area contributed by atoms with E-state index in [0.717, 1.165) is 6.26 Å². The summed E-state index contributed by atoms with van der Waals surface area (Å²) in [5, 5.41) is 6.54. The second-order valence-electron chi connectivity index (χ2n) is 6.98. The Labute approximate surface area is 154 Å². The van der Waals surface area contributed by atoms with Crippen molar-refractivity contribution in [2.75, 3.05) is 32.4 Å². The van der Waals surface area contributed by atoms with Gasteiger partial charge in [0.1, 0.15) is 0 Å². The second-order valence-corrected chi connectivity index (χ2v) is 8.96. The maximum absolute atomic E-state index is 12.6. The molecule has 1 aromatic heterocycles. The lowest BCUT2D eigenvalue weighted by atomic mass is 9.92. The summed E-state index contributed by atoms with van der Waals surface area (Å²) in [4.78, 5) is 14.3. The average Bonchev–Trinajstić information content (AvgIpc) is 3.11. The first kappa shape index (κ1) is 20.1. The van der Waals surface area contributed by atoms with Gasteiger partial charge in [0.05, 0.1) is 6.26 Å². The van der Waals surface area contributed by atoms with Crippen LogP contribution in [0.1, 0.15) is 43.4 Å². The first-order valence-electron chi connectivity index (χ1n) is 8.70. The van der Waals surface area contributed by atoms with Gasteiger partial charge in [-0.3, -0.25) is 4.79 Å². The lowest BCUT2D eigenvalue weighted by Crippen LogP contribution is -2.46. The second kappa shape index (κ2) is 7.38. The lowest BCUT2D eigenvalue weighted by molar-refractivity contribution is -0.157. The fourth-order valence-electron chi connectivity index (χ4n) is 3.55. The number of halogens is 3. The van der Waals surface area contributed by atoms with Gasteiger partial charge in [0.15, 0.2) is 0 Å². The van der Waals surface area contributed by atoms with Crippen LogP contribution in [0.4, 0.5) is 13.2 Å². The third kappa shape index (κ3) is 4.60. The molecule has 27 heavy (non-hydrogen) atoms. The van der Waals surface area contributed by atoms with Crippen LogP contribution in [-0.2, 0) is 21.0 Å². The molecule has 2 aliphatic heterocycles. The highest BCUT2D eigenvalue weighted by Gasteiger charge is 2.40. The monoisotopic (exact) mass is 410 g/mol. The molecule has 0 radical (unpaired) electrons. The number of sulfonamides is 1. The van der Waals surface area contributed by atoms with Crippen molar-refractivity contribution >= 4 is 15.9 Å². The average molecular weight is 410 g/mol. The largest absolute Gasteiger partial charge is 0.470 e. The van der Waals surface area contributed by atoms with Crippen LogP contribution in [-0.4, -0.2) is 66.2 Å². The summed E-state index contributed by atoms with van der Waals surface area (Å²) in [6.45, 7) is 1.46. The number of amides is 1. The molecule has 8 nitrogen and oxygen atoms in total. The minimum atomic E-state index is -4.66. The van der Waals surface area contributed by atoms with Gasteiger partial charge >= 0.3 is 12.1 Å². The van der Waals surface area contributed by atoms with Crippen LogP contribution in [0.2, 0.25) is 0 Å². The minimum absolute atomic E-state index is 0.0249. The Bertz CT molecular complexity index is 779. The molecule has 3 heterocycles. The number of nitrogens with zero attached hydrogens (tertiary/aromatic N) is 4. The molecule has 1 amide bonds. The number of piperidine rings is 2. The van der Waals surface area contributed by atoms with Gasteiger partial charge < -0.3 is 9.32 Å². The van der Waals surface area contributed by atoms with Crippen molar-refractivity contribution in [3.8, 4) is 0 Å². The molecular weight excluding hydrogens is 389 g/mol. The standard InChI is InChI=1S/C15H21F3N4O4S/c1-27(24,25)22-8-4-11(5-9-22)13(23)21-6-2-10(3-7-21)12-19-20-14(26-12)15(16,17)18/h10-11H,2-9H2,1H3. The summed E-state index contributed by atoms with van der Waals surface area (Å²) >= 11 is 0. The van der Waals surface area contributed by atoms with Crippen molar-refractivity contribution in [2.45, 2.75) is 37.8 Å². The van der Waals surface area contributed by atoms with Gasteiger partial charge in [-0.05, 0) is 25.7 Å². The van der Waals surface area contributed by atoms with Gasteiger partial charge in [-0.15, -0.1) is 10.2 Å². The highest BCUT2D eigenvalue weighted by atomic mass is 32.2. The molecule has 1 aromatic rings. The van der Waals surface area contributed by atoms with E-state index < -0.39 is 22.1 Å². The Balaban J connectivity index is 1.52. The highest BCUT2D eigenvalue weighted by Crippen LogP contribution is 2.33. The first-order chi connectivity index (χ1) is 12.6. The van der Waals surface area contributed by atoms with E-state index in [2.05, 4.69) is 10.2 Å². The normalized spacial score (nSPS) is 21.6. The van der Waals surface area contributed by atoms with Gasteiger partial charge in [-0.1, -0.05) is 0 Å². The number of carbonyl (C=O) groups excluding carboxylic acids is 1. The molecule has 0 spiro atoms. The molecular formula is C15H21F3N4O4S. The van der Waals surface area contributed by atoms with Gasteiger partial charge in [-0.2, -0.15) is 13.2 Å². The summed E-state index contributed by atoms with van der Waals surface area (Å²) in [5.74, 6) is -1.95. The molecule has 0 aromatic carbocycles. The Kier molecular flexibility index (Phi) is 5.48. The van der Waals surface area contributed by atoms with Crippen LogP contribution in [0.3, 0.4) is 0 Å². The van der Waals surface area contributed by atoms with Crippen LogP contribution in [0.25, 0.3) is 0 Å². The molecule has 0 N–H and O–H groups in total. The van der Waals surface area contributed by atoms with Crippen LogP contribution >= 0.6 is 0 Å².